The van der Waals surface area contributed by atoms with E-state index in [1.165, 1.54) is 25.1 Å². The van der Waals surface area contributed by atoms with Gasteiger partial charge in [-0.1, -0.05) is 23.8 Å². The second kappa shape index (κ2) is 13.4. The SMILES string of the molecule is COC(=O)c1c(N2CCC[C@H](NC(=O)OC(C)(C)C)C2)n(CC=C(C)C)c2c(=O)n(CC(=O)c3cccc(OC)c3)cnc12. The smallest absolute Gasteiger partial charge is 0.407 e. The summed E-state index contributed by atoms with van der Waals surface area (Å²) >= 11 is 0. The molecule has 1 amide bonds. The Balaban J connectivity index is 1.81. The minimum atomic E-state index is -0.646. The molecule has 0 spiro atoms. The summed E-state index contributed by atoms with van der Waals surface area (Å²) in [5.74, 6) is 0.0672. The number of benzene rings is 1. The summed E-state index contributed by atoms with van der Waals surface area (Å²) < 4.78 is 18.9. The lowest BCUT2D eigenvalue weighted by molar-refractivity contribution is 0.0498. The summed E-state index contributed by atoms with van der Waals surface area (Å²) in [6, 6.07) is 6.45. The number of esters is 1. The number of rotatable bonds is 9. The minimum Gasteiger partial charge on any atom is -0.497 e. The number of Topliss-reactive ketones (excluding diaryl/α,β-unsaturated/α-hetero) is 1. The molecule has 1 saturated heterocycles. The van der Waals surface area contributed by atoms with Gasteiger partial charge in [-0.25, -0.2) is 14.6 Å². The van der Waals surface area contributed by atoms with E-state index in [9.17, 15) is 19.2 Å². The molecular formula is C32H41N5O7. The number of piperidine rings is 1. The highest BCUT2D eigenvalue weighted by atomic mass is 16.6. The van der Waals surface area contributed by atoms with E-state index in [4.69, 9.17) is 14.2 Å². The van der Waals surface area contributed by atoms with Gasteiger partial charge >= 0.3 is 12.1 Å². The molecule has 3 aromatic rings. The number of nitrogens with one attached hydrogen (secondary N) is 1. The number of hydrogen-bond donors (Lipinski definition) is 1. The van der Waals surface area contributed by atoms with E-state index in [2.05, 4.69) is 10.3 Å². The zero-order chi connectivity index (χ0) is 32.2. The first kappa shape index (κ1) is 32.3. The fraction of sp³-hybridized carbons (Fsp3) is 0.469. The fourth-order valence-electron chi connectivity index (χ4n) is 5.24. The summed E-state index contributed by atoms with van der Waals surface area (Å²) in [5.41, 5.74) is 0.817. The molecule has 3 heterocycles. The lowest BCUT2D eigenvalue weighted by Gasteiger charge is -2.35. The molecule has 1 fully saturated rings. The molecule has 236 valence electrons. The van der Waals surface area contributed by atoms with Gasteiger partial charge < -0.3 is 29.0 Å². The van der Waals surface area contributed by atoms with Crippen molar-refractivity contribution in [1.29, 1.82) is 0 Å². The first-order valence-corrected chi connectivity index (χ1v) is 14.6. The molecule has 0 unspecified atom stereocenters. The molecule has 4 rings (SSSR count). The van der Waals surface area contributed by atoms with Gasteiger partial charge in [0.1, 0.15) is 33.8 Å². The Morgan fingerprint density at radius 1 is 1.16 bits per heavy atom. The number of nitrogens with zero attached hydrogens (tertiary/aromatic N) is 4. The predicted molar refractivity (Wildman–Crippen MR) is 167 cm³/mol. The Kier molecular flexibility index (Phi) is 9.81. The summed E-state index contributed by atoms with van der Waals surface area (Å²) in [4.78, 5) is 59.6. The number of ketones is 1. The highest BCUT2D eigenvalue weighted by Crippen LogP contribution is 2.33. The van der Waals surface area contributed by atoms with Crippen LogP contribution in [0.2, 0.25) is 0 Å². The van der Waals surface area contributed by atoms with Crippen molar-refractivity contribution in [1.82, 2.24) is 19.4 Å². The molecule has 1 aromatic carbocycles. The van der Waals surface area contributed by atoms with Gasteiger partial charge in [-0.3, -0.25) is 14.2 Å². The summed E-state index contributed by atoms with van der Waals surface area (Å²) in [6.07, 6.45) is 4.15. The number of alkyl carbamates (subject to hydrolysis) is 1. The van der Waals surface area contributed by atoms with Crippen LogP contribution < -0.4 is 20.5 Å². The largest absolute Gasteiger partial charge is 0.497 e. The van der Waals surface area contributed by atoms with Crippen LogP contribution in [0.4, 0.5) is 10.6 Å². The van der Waals surface area contributed by atoms with Crippen molar-refractivity contribution in [3.8, 4) is 5.75 Å². The quantitative estimate of drug-likeness (QED) is 0.214. The van der Waals surface area contributed by atoms with Crippen molar-refractivity contribution in [3.05, 3.63) is 63.7 Å². The summed E-state index contributed by atoms with van der Waals surface area (Å²) in [5, 5.41) is 2.94. The molecule has 0 saturated carbocycles. The molecule has 1 N–H and O–H groups in total. The predicted octanol–water partition coefficient (Wildman–Crippen LogP) is 4.34. The molecule has 12 nitrogen and oxygen atoms in total. The maximum atomic E-state index is 14.0. The Bertz CT molecular complexity index is 1640. The van der Waals surface area contributed by atoms with E-state index in [0.29, 0.717) is 30.2 Å². The van der Waals surface area contributed by atoms with Crippen LogP contribution in [-0.2, 0) is 22.6 Å². The third kappa shape index (κ3) is 7.29. The van der Waals surface area contributed by atoms with Crippen molar-refractivity contribution in [2.45, 2.75) is 72.2 Å². The van der Waals surface area contributed by atoms with Crippen LogP contribution in [0, 0.1) is 0 Å². The van der Waals surface area contributed by atoms with E-state index in [1.54, 1.807) is 49.6 Å². The highest BCUT2D eigenvalue weighted by Gasteiger charge is 2.33. The number of fused-ring (bicyclic) bond motifs is 1. The van der Waals surface area contributed by atoms with Crippen LogP contribution in [0.3, 0.4) is 0 Å². The standard InChI is InChI=1S/C32H41N5O7/c1-20(2)13-15-37-27-26(33-19-36(29(27)39)18-24(38)21-10-8-12-23(16-21)42-6)25(30(40)43-7)28(37)35-14-9-11-22(17-35)34-31(41)44-32(3,4)5/h8,10,12-13,16,19,22H,9,11,14-15,17-18H2,1-7H3,(H,34,41)/t22-/m0/s1. The van der Waals surface area contributed by atoms with Crippen LogP contribution in [0.25, 0.3) is 11.0 Å². The molecule has 44 heavy (non-hydrogen) atoms. The second-order valence-electron chi connectivity index (χ2n) is 12.0. The zero-order valence-corrected chi connectivity index (χ0v) is 26.4. The number of anilines is 1. The average molecular weight is 608 g/mol. The third-order valence-electron chi connectivity index (χ3n) is 7.22. The van der Waals surface area contributed by atoms with Crippen molar-refractivity contribution in [2.75, 3.05) is 32.2 Å². The van der Waals surface area contributed by atoms with E-state index in [0.717, 1.165) is 18.4 Å². The molecule has 12 heteroatoms. The lowest BCUT2D eigenvalue weighted by atomic mass is 10.1. The Labute approximate surface area is 256 Å². The number of ether oxygens (including phenoxy) is 3. The monoisotopic (exact) mass is 607 g/mol. The maximum absolute atomic E-state index is 14.0. The van der Waals surface area contributed by atoms with Gasteiger partial charge in [0.25, 0.3) is 5.56 Å². The minimum absolute atomic E-state index is 0.158. The molecule has 0 aliphatic carbocycles. The van der Waals surface area contributed by atoms with Gasteiger partial charge in [-0.15, -0.1) is 0 Å². The molecule has 1 aliphatic heterocycles. The maximum Gasteiger partial charge on any atom is 0.407 e. The van der Waals surface area contributed by atoms with Crippen LogP contribution in [-0.4, -0.2) is 70.9 Å². The summed E-state index contributed by atoms with van der Waals surface area (Å²) in [7, 11) is 2.80. The van der Waals surface area contributed by atoms with E-state index in [1.807, 2.05) is 24.8 Å². The highest BCUT2D eigenvalue weighted by molar-refractivity contribution is 6.08. The number of hydrogen-bond acceptors (Lipinski definition) is 9. The van der Waals surface area contributed by atoms with Gasteiger partial charge in [0.2, 0.25) is 0 Å². The van der Waals surface area contributed by atoms with Gasteiger partial charge in [-0.2, -0.15) is 0 Å². The Hall–Kier alpha value is -4.61. The number of amides is 1. The number of carbonyl (C=O) groups excluding carboxylic acids is 3. The lowest BCUT2D eigenvalue weighted by Crippen LogP contribution is -2.49. The van der Waals surface area contributed by atoms with Gasteiger partial charge in [0.05, 0.1) is 27.1 Å². The van der Waals surface area contributed by atoms with Crippen LogP contribution >= 0.6 is 0 Å². The second-order valence-corrected chi connectivity index (χ2v) is 12.0. The number of methoxy groups -OCH3 is 2. The first-order chi connectivity index (χ1) is 20.8. The molecule has 0 radical (unpaired) electrons. The molecule has 0 bridgehead atoms. The van der Waals surface area contributed by atoms with Crippen molar-refractivity contribution >= 4 is 34.7 Å². The number of allylic oxidation sites excluding steroid dienone is 2. The zero-order valence-electron chi connectivity index (χ0n) is 26.4. The Morgan fingerprint density at radius 2 is 1.91 bits per heavy atom. The molecular weight excluding hydrogens is 566 g/mol. The van der Waals surface area contributed by atoms with Crippen LogP contribution in [0.1, 0.15) is 68.2 Å². The van der Waals surface area contributed by atoms with Gasteiger partial charge in [0.15, 0.2) is 5.78 Å². The van der Waals surface area contributed by atoms with Crippen molar-refractivity contribution in [3.63, 3.8) is 0 Å². The van der Waals surface area contributed by atoms with E-state index >= 15 is 0 Å². The van der Waals surface area contributed by atoms with Gasteiger partial charge in [-0.05, 0) is 59.6 Å². The molecule has 2 aromatic heterocycles. The number of carbonyl (C=O) groups is 3. The van der Waals surface area contributed by atoms with E-state index in [-0.39, 0.29) is 41.5 Å². The van der Waals surface area contributed by atoms with Crippen molar-refractivity contribution in [2.24, 2.45) is 0 Å². The van der Waals surface area contributed by atoms with Crippen LogP contribution in [0.15, 0.2) is 47.0 Å². The molecule has 1 atom stereocenters. The van der Waals surface area contributed by atoms with Crippen molar-refractivity contribution < 1.29 is 28.6 Å². The molecule has 1 aliphatic rings. The Morgan fingerprint density at radius 3 is 2.57 bits per heavy atom. The van der Waals surface area contributed by atoms with E-state index < -0.39 is 23.2 Å². The van der Waals surface area contributed by atoms with Gasteiger partial charge in [0, 0.05) is 31.2 Å². The normalized spacial score (nSPS) is 15.1. The number of aromatic nitrogens is 3. The first-order valence-electron chi connectivity index (χ1n) is 14.6. The fourth-order valence-corrected chi connectivity index (χ4v) is 5.24. The van der Waals surface area contributed by atoms with Crippen LogP contribution in [0.5, 0.6) is 5.75 Å². The third-order valence-corrected chi connectivity index (χ3v) is 7.22. The average Bonchev–Trinajstić information content (AvgIpc) is 3.31. The topological polar surface area (TPSA) is 134 Å². The summed E-state index contributed by atoms with van der Waals surface area (Å²) in [6.45, 7) is 10.3.